The van der Waals surface area contributed by atoms with Gasteiger partial charge in [0.2, 0.25) is 5.91 Å². The van der Waals surface area contributed by atoms with E-state index >= 15 is 0 Å². The summed E-state index contributed by atoms with van der Waals surface area (Å²) in [6, 6.07) is 12.0. The number of hydrogen-bond donors (Lipinski definition) is 1. The van der Waals surface area contributed by atoms with Crippen LogP contribution < -0.4 is 14.8 Å². The van der Waals surface area contributed by atoms with Gasteiger partial charge in [-0.05, 0) is 61.7 Å². The number of nitrogens with one attached hydrogen (secondary N) is 1. The van der Waals surface area contributed by atoms with Crippen LogP contribution in [-0.4, -0.2) is 43.0 Å². The van der Waals surface area contributed by atoms with Crippen molar-refractivity contribution in [2.75, 3.05) is 20.3 Å². The molecule has 2 amide bonds. The lowest BCUT2D eigenvalue weighted by atomic mass is 10.1. The number of nitrogens with zero attached hydrogens (tertiary/aromatic N) is 1. The fourth-order valence-corrected chi connectivity index (χ4v) is 2.96. The molecule has 6 nitrogen and oxygen atoms in total. The number of amides is 2. The SMILES string of the molecule is CCCNC(=O)[C@H](C)N(Cc1ccc(OC)cc1)C(=O)COc1ccc(Cl)c(C)c1. The van der Waals surface area contributed by atoms with Crippen LogP contribution in [0.3, 0.4) is 0 Å². The van der Waals surface area contributed by atoms with Gasteiger partial charge in [0.1, 0.15) is 17.5 Å². The Morgan fingerprint density at radius 2 is 1.80 bits per heavy atom. The van der Waals surface area contributed by atoms with Crippen LogP contribution >= 0.6 is 11.6 Å². The Balaban J connectivity index is 2.13. The van der Waals surface area contributed by atoms with E-state index in [9.17, 15) is 9.59 Å². The Labute approximate surface area is 183 Å². The molecule has 0 aliphatic rings. The smallest absolute Gasteiger partial charge is 0.261 e. The molecule has 0 spiro atoms. The van der Waals surface area contributed by atoms with Gasteiger partial charge in [0.05, 0.1) is 7.11 Å². The van der Waals surface area contributed by atoms with E-state index in [1.54, 1.807) is 32.2 Å². The van der Waals surface area contributed by atoms with Gasteiger partial charge in [-0.1, -0.05) is 30.7 Å². The van der Waals surface area contributed by atoms with Crippen molar-refractivity contribution in [3.8, 4) is 11.5 Å². The standard InChI is InChI=1S/C23H29ClN2O4/c1-5-12-25-23(28)17(3)26(14-18-6-8-19(29-4)9-7-18)22(27)15-30-20-10-11-21(24)16(2)13-20/h6-11,13,17H,5,12,14-15H2,1-4H3,(H,25,28)/t17-/m0/s1. The summed E-state index contributed by atoms with van der Waals surface area (Å²) in [7, 11) is 1.60. The number of hydrogen-bond acceptors (Lipinski definition) is 4. The minimum absolute atomic E-state index is 0.178. The van der Waals surface area contributed by atoms with Crippen LogP contribution in [0, 0.1) is 6.92 Å². The molecule has 0 aliphatic heterocycles. The van der Waals surface area contributed by atoms with Crippen molar-refractivity contribution in [3.05, 3.63) is 58.6 Å². The maximum absolute atomic E-state index is 13.0. The Hall–Kier alpha value is -2.73. The molecule has 30 heavy (non-hydrogen) atoms. The Kier molecular flexibility index (Phi) is 8.99. The summed E-state index contributed by atoms with van der Waals surface area (Å²) in [6.45, 7) is 6.24. The summed E-state index contributed by atoms with van der Waals surface area (Å²) in [4.78, 5) is 27.0. The molecular weight excluding hydrogens is 404 g/mol. The minimum atomic E-state index is -0.637. The third-order valence-electron chi connectivity index (χ3n) is 4.72. The van der Waals surface area contributed by atoms with E-state index in [0.717, 1.165) is 23.3 Å². The average Bonchev–Trinajstić information content (AvgIpc) is 2.76. The summed E-state index contributed by atoms with van der Waals surface area (Å²) in [5.74, 6) is 0.808. The van der Waals surface area contributed by atoms with Crippen molar-refractivity contribution >= 4 is 23.4 Å². The third-order valence-corrected chi connectivity index (χ3v) is 5.14. The Morgan fingerprint density at radius 3 is 2.40 bits per heavy atom. The highest BCUT2D eigenvalue weighted by atomic mass is 35.5. The molecule has 0 unspecified atom stereocenters. The van der Waals surface area contributed by atoms with Gasteiger partial charge in [0.25, 0.3) is 5.91 Å². The summed E-state index contributed by atoms with van der Waals surface area (Å²) >= 11 is 6.04. The molecule has 0 fully saturated rings. The number of aryl methyl sites for hydroxylation is 1. The van der Waals surface area contributed by atoms with Gasteiger partial charge < -0.3 is 19.7 Å². The number of rotatable bonds is 10. The number of carbonyl (C=O) groups is 2. The van der Waals surface area contributed by atoms with E-state index in [4.69, 9.17) is 21.1 Å². The monoisotopic (exact) mass is 432 g/mol. The van der Waals surface area contributed by atoms with Gasteiger partial charge in [-0.25, -0.2) is 0 Å². The van der Waals surface area contributed by atoms with Gasteiger partial charge >= 0.3 is 0 Å². The molecule has 2 aromatic carbocycles. The lowest BCUT2D eigenvalue weighted by molar-refractivity contribution is -0.142. The van der Waals surface area contributed by atoms with Crippen LogP contribution in [0.15, 0.2) is 42.5 Å². The first-order valence-corrected chi connectivity index (χ1v) is 10.3. The van der Waals surface area contributed by atoms with Crippen LogP contribution in [0.2, 0.25) is 5.02 Å². The first-order valence-electron chi connectivity index (χ1n) is 9.94. The van der Waals surface area contributed by atoms with Gasteiger partial charge in [-0.3, -0.25) is 9.59 Å². The minimum Gasteiger partial charge on any atom is -0.497 e. The van der Waals surface area contributed by atoms with Crippen molar-refractivity contribution in [2.24, 2.45) is 0 Å². The Bertz CT molecular complexity index is 855. The van der Waals surface area contributed by atoms with Crippen LogP contribution in [0.4, 0.5) is 0 Å². The maximum atomic E-state index is 13.0. The molecule has 7 heteroatoms. The van der Waals surface area contributed by atoms with Crippen molar-refractivity contribution in [3.63, 3.8) is 0 Å². The van der Waals surface area contributed by atoms with E-state index in [0.29, 0.717) is 17.3 Å². The molecular formula is C23H29ClN2O4. The molecule has 2 rings (SSSR count). The first kappa shape index (κ1) is 23.5. The second-order valence-corrected chi connectivity index (χ2v) is 7.44. The normalized spacial score (nSPS) is 11.5. The average molecular weight is 433 g/mol. The lowest BCUT2D eigenvalue weighted by Crippen LogP contribution is -2.49. The second kappa shape index (κ2) is 11.5. The highest BCUT2D eigenvalue weighted by Gasteiger charge is 2.26. The second-order valence-electron chi connectivity index (χ2n) is 7.04. The first-order chi connectivity index (χ1) is 14.3. The molecule has 0 aliphatic carbocycles. The van der Waals surface area contributed by atoms with E-state index in [1.807, 2.05) is 38.1 Å². The molecule has 162 valence electrons. The van der Waals surface area contributed by atoms with E-state index in [-0.39, 0.29) is 25.0 Å². The van der Waals surface area contributed by atoms with E-state index in [1.165, 1.54) is 4.90 Å². The fourth-order valence-electron chi connectivity index (χ4n) is 2.84. The molecule has 0 radical (unpaired) electrons. The number of ether oxygens (including phenoxy) is 2. The van der Waals surface area contributed by atoms with Crippen LogP contribution in [0.5, 0.6) is 11.5 Å². The maximum Gasteiger partial charge on any atom is 0.261 e. The zero-order valence-corrected chi connectivity index (χ0v) is 18.7. The van der Waals surface area contributed by atoms with Gasteiger partial charge in [0, 0.05) is 18.1 Å². The number of benzene rings is 2. The number of methoxy groups -OCH3 is 1. The van der Waals surface area contributed by atoms with Gasteiger partial charge in [-0.15, -0.1) is 0 Å². The molecule has 0 aromatic heterocycles. The van der Waals surface area contributed by atoms with E-state index < -0.39 is 6.04 Å². The predicted molar refractivity (Wildman–Crippen MR) is 118 cm³/mol. The van der Waals surface area contributed by atoms with E-state index in [2.05, 4.69) is 5.32 Å². The zero-order valence-electron chi connectivity index (χ0n) is 17.9. The van der Waals surface area contributed by atoms with Gasteiger partial charge in [-0.2, -0.15) is 0 Å². The lowest BCUT2D eigenvalue weighted by Gasteiger charge is -2.28. The van der Waals surface area contributed by atoms with Crippen molar-refractivity contribution in [1.29, 1.82) is 0 Å². The summed E-state index contributed by atoms with van der Waals surface area (Å²) in [5, 5.41) is 3.49. The van der Waals surface area contributed by atoms with Crippen molar-refractivity contribution in [1.82, 2.24) is 10.2 Å². The molecule has 0 saturated heterocycles. The molecule has 0 heterocycles. The zero-order chi connectivity index (χ0) is 22.1. The van der Waals surface area contributed by atoms with Crippen molar-refractivity contribution < 1.29 is 19.1 Å². The summed E-state index contributed by atoms with van der Waals surface area (Å²) in [5.41, 5.74) is 1.76. The number of carbonyl (C=O) groups excluding carboxylic acids is 2. The number of halogens is 1. The molecule has 1 N–H and O–H groups in total. The molecule has 1 atom stereocenters. The van der Waals surface area contributed by atoms with Crippen molar-refractivity contribution in [2.45, 2.75) is 39.8 Å². The highest BCUT2D eigenvalue weighted by molar-refractivity contribution is 6.31. The Morgan fingerprint density at radius 1 is 1.13 bits per heavy atom. The van der Waals surface area contributed by atoms with Gasteiger partial charge in [0.15, 0.2) is 6.61 Å². The fraction of sp³-hybridized carbons (Fsp3) is 0.391. The topological polar surface area (TPSA) is 67.9 Å². The summed E-state index contributed by atoms with van der Waals surface area (Å²) < 4.78 is 10.9. The molecule has 2 aromatic rings. The van der Waals surface area contributed by atoms with Crippen LogP contribution in [-0.2, 0) is 16.1 Å². The summed E-state index contributed by atoms with van der Waals surface area (Å²) in [6.07, 6.45) is 0.823. The largest absolute Gasteiger partial charge is 0.497 e. The molecule has 0 saturated carbocycles. The van der Waals surface area contributed by atoms with Crippen LogP contribution in [0.25, 0.3) is 0 Å². The predicted octanol–water partition coefficient (Wildman–Crippen LogP) is 3.98. The molecule has 0 bridgehead atoms. The quantitative estimate of drug-likeness (QED) is 0.616. The van der Waals surface area contributed by atoms with Crippen LogP contribution in [0.1, 0.15) is 31.4 Å². The third kappa shape index (κ3) is 6.66. The highest BCUT2D eigenvalue weighted by Crippen LogP contribution is 2.21.